The molecule has 0 bridgehead atoms. The fraction of sp³-hybridized carbons (Fsp3) is 0.375. The maximum atomic E-state index is 12.9. The van der Waals surface area contributed by atoms with Crippen molar-refractivity contribution in [2.45, 2.75) is 12.8 Å². The molecule has 4 rings (SSSR count). The molecule has 10 heteroatoms. The summed E-state index contributed by atoms with van der Waals surface area (Å²) in [4.78, 5) is 21.7. The second-order valence-corrected chi connectivity index (χ2v) is 8.61. The first-order valence-electron chi connectivity index (χ1n) is 11.1. The van der Waals surface area contributed by atoms with Gasteiger partial charge >= 0.3 is 6.03 Å². The van der Waals surface area contributed by atoms with Crippen molar-refractivity contribution >= 4 is 28.4 Å². The Morgan fingerprint density at radius 2 is 1.74 bits per heavy atom. The van der Waals surface area contributed by atoms with E-state index in [9.17, 15) is 4.79 Å². The number of carbonyl (C=O) groups is 1. The Hall–Kier alpha value is -3.53. The molecule has 0 atom stereocenters. The Bertz CT molecular complexity index is 1100. The largest absolute Gasteiger partial charge is 0.497 e. The predicted molar refractivity (Wildman–Crippen MR) is 133 cm³/mol. The Kier molecular flexibility index (Phi) is 7.69. The highest BCUT2D eigenvalue weighted by molar-refractivity contribution is 7.09. The van der Waals surface area contributed by atoms with E-state index in [2.05, 4.69) is 14.6 Å². The van der Waals surface area contributed by atoms with Crippen LogP contribution in [0.3, 0.4) is 0 Å². The highest BCUT2D eigenvalue weighted by Gasteiger charge is 2.22. The zero-order valence-corrected chi connectivity index (χ0v) is 20.4. The van der Waals surface area contributed by atoms with Crippen LogP contribution in [0.25, 0.3) is 0 Å². The molecule has 1 aliphatic heterocycles. The normalized spacial score (nSPS) is 13.9. The molecule has 0 unspecified atom stereocenters. The molecule has 9 nitrogen and oxygen atoms in total. The summed E-state index contributed by atoms with van der Waals surface area (Å²) in [6.45, 7) is 2.78. The molecular formula is C24H29N5O4S. The van der Waals surface area contributed by atoms with Gasteiger partial charge in [-0.1, -0.05) is 12.1 Å². The lowest BCUT2D eigenvalue weighted by Crippen LogP contribution is -2.38. The maximum Gasteiger partial charge on any atom is 0.321 e. The van der Waals surface area contributed by atoms with Crippen LogP contribution in [0.2, 0.25) is 0 Å². The number of rotatable bonds is 7. The van der Waals surface area contributed by atoms with Gasteiger partial charge in [-0.25, -0.2) is 9.78 Å². The number of methoxy groups -OCH3 is 3. The number of anilines is 2. The van der Waals surface area contributed by atoms with Crippen LogP contribution in [0.15, 0.2) is 42.5 Å². The molecule has 2 heterocycles. The van der Waals surface area contributed by atoms with Gasteiger partial charge in [0.2, 0.25) is 5.13 Å². The molecular weight excluding hydrogens is 454 g/mol. The van der Waals surface area contributed by atoms with Gasteiger partial charge in [-0.2, -0.15) is 4.37 Å². The molecule has 1 saturated heterocycles. The number of urea groups is 1. The maximum absolute atomic E-state index is 12.9. The summed E-state index contributed by atoms with van der Waals surface area (Å²) in [5, 5.41) is 3.84. The van der Waals surface area contributed by atoms with Crippen molar-refractivity contribution in [3.63, 3.8) is 0 Å². The van der Waals surface area contributed by atoms with Crippen LogP contribution in [0.4, 0.5) is 15.6 Å². The third-order valence-corrected chi connectivity index (χ3v) is 6.42. The average molecular weight is 484 g/mol. The van der Waals surface area contributed by atoms with Crippen molar-refractivity contribution < 1.29 is 19.0 Å². The molecule has 0 aliphatic carbocycles. The molecule has 2 amide bonds. The third-order valence-electron chi connectivity index (χ3n) is 5.61. The summed E-state index contributed by atoms with van der Waals surface area (Å²) in [5.74, 6) is 2.86. The fourth-order valence-corrected chi connectivity index (χ4v) is 4.54. The summed E-state index contributed by atoms with van der Waals surface area (Å²) < 4.78 is 20.4. The second kappa shape index (κ2) is 11.1. The number of nitrogens with one attached hydrogen (secondary N) is 1. The molecule has 0 spiro atoms. The Morgan fingerprint density at radius 3 is 2.47 bits per heavy atom. The molecule has 1 aromatic heterocycles. The minimum Gasteiger partial charge on any atom is -0.497 e. The smallest absolute Gasteiger partial charge is 0.321 e. The van der Waals surface area contributed by atoms with E-state index in [0.29, 0.717) is 43.2 Å². The lowest BCUT2D eigenvalue weighted by atomic mass is 10.1. The van der Waals surface area contributed by atoms with Crippen molar-refractivity contribution in [3.05, 3.63) is 53.9 Å². The number of aromatic nitrogens is 2. The summed E-state index contributed by atoms with van der Waals surface area (Å²) in [5.41, 5.74) is 1.74. The van der Waals surface area contributed by atoms with E-state index < -0.39 is 0 Å². The van der Waals surface area contributed by atoms with Crippen LogP contribution in [-0.2, 0) is 6.42 Å². The summed E-state index contributed by atoms with van der Waals surface area (Å²) in [7, 11) is 4.83. The first kappa shape index (κ1) is 23.6. The van der Waals surface area contributed by atoms with Gasteiger partial charge in [-0.05, 0) is 24.1 Å². The van der Waals surface area contributed by atoms with Crippen molar-refractivity contribution in [3.8, 4) is 17.2 Å². The Balaban J connectivity index is 1.35. The number of carbonyl (C=O) groups excluding carboxylic acids is 1. The van der Waals surface area contributed by atoms with Gasteiger partial charge in [-0.15, -0.1) is 0 Å². The van der Waals surface area contributed by atoms with Crippen LogP contribution in [0.5, 0.6) is 17.2 Å². The quantitative estimate of drug-likeness (QED) is 0.545. The van der Waals surface area contributed by atoms with Crippen LogP contribution < -0.4 is 24.4 Å². The minimum atomic E-state index is -0.145. The van der Waals surface area contributed by atoms with Crippen LogP contribution >= 0.6 is 11.5 Å². The van der Waals surface area contributed by atoms with Crippen molar-refractivity contribution in [1.82, 2.24) is 14.3 Å². The third kappa shape index (κ3) is 5.88. The minimum absolute atomic E-state index is 0.145. The molecule has 180 valence electrons. The van der Waals surface area contributed by atoms with E-state index in [4.69, 9.17) is 19.2 Å². The van der Waals surface area contributed by atoms with E-state index in [1.165, 1.54) is 11.5 Å². The van der Waals surface area contributed by atoms with Crippen LogP contribution in [0.1, 0.15) is 17.8 Å². The van der Waals surface area contributed by atoms with E-state index in [1.54, 1.807) is 39.5 Å². The van der Waals surface area contributed by atoms with E-state index >= 15 is 0 Å². The number of amides is 2. The molecule has 0 saturated carbocycles. The van der Waals surface area contributed by atoms with Crippen molar-refractivity contribution in [2.75, 3.05) is 57.7 Å². The summed E-state index contributed by atoms with van der Waals surface area (Å²) >= 11 is 1.40. The van der Waals surface area contributed by atoms with Gasteiger partial charge in [0.1, 0.15) is 23.1 Å². The lowest BCUT2D eigenvalue weighted by molar-refractivity contribution is 0.215. The standard InChI is InChI=1S/C24H29N5O4S/c1-31-19-7-4-6-17(12-19)13-22-26-24(34-27-22)29-9-5-8-28(10-11-29)23(30)25-18-14-20(32-2)16-21(15-18)33-3/h4,6-7,12,14-16H,5,8-11,13H2,1-3H3,(H,25,30). The number of ether oxygens (including phenoxy) is 3. The molecule has 2 aromatic carbocycles. The molecule has 0 radical (unpaired) electrons. The zero-order valence-electron chi connectivity index (χ0n) is 19.6. The number of hydrogen-bond acceptors (Lipinski definition) is 8. The first-order valence-corrected chi connectivity index (χ1v) is 11.8. The van der Waals surface area contributed by atoms with Gasteiger partial charge < -0.3 is 29.3 Å². The van der Waals surface area contributed by atoms with Gasteiger partial charge in [0.25, 0.3) is 0 Å². The van der Waals surface area contributed by atoms with Crippen LogP contribution in [-0.4, -0.2) is 67.8 Å². The number of hydrogen-bond donors (Lipinski definition) is 1. The van der Waals surface area contributed by atoms with Gasteiger partial charge in [0.05, 0.1) is 21.3 Å². The highest BCUT2D eigenvalue weighted by Crippen LogP contribution is 2.26. The summed E-state index contributed by atoms with van der Waals surface area (Å²) in [6.07, 6.45) is 1.50. The van der Waals surface area contributed by atoms with Crippen LogP contribution in [0, 0.1) is 0 Å². The second-order valence-electron chi connectivity index (χ2n) is 7.88. The molecule has 34 heavy (non-hydrogen) atoms. The van der Waals surface area contributed by atoms with E-state index in [1.807, 2.05) is 29.2 Å². The Morgan fingerprint density at radius 1 is 0.971 bits per heavy atom. The molecule has 1 N–H and O–H groups in total. The van der Waals surface area contributed by atoms with E-state index in [-0.39, 0.29) is 6.03 Å². The average Bonchev–Trinajstić information content (AvgIpc) is 3.17. The van der Waals surface area contributed by atoms with Crippen molar-refractivity contribution in [1.29, 1.82) is 0 Å². The number of nitrogens with zero attached hydrogens (tertiary/aromatic N) is 4. The van der Waals surface area contributed by atoms with Gasteiger partial charge in [0, 0.05) is 68.0 Å². The summed E-state index contributed by atoms with van der Waals surface area (Å²) in [6, 6.07) is 13.1. The lowest BCUT2D eigenvalue weighted by Gasteiger charge is -2.22. The monoisotopic (exact) mass is 483 g/mol. The van der Waals surface area contributed by atoms with Gasteiger partial charge in [-0.3, -0.25) is 0 Å². The van der Waals surface area contributed by atoms with E-state index in [0.717, 1.165) is 35.2 Å². The topological polar surface area (TPSA) is 89.1 Å². The van der Waals surface area contributed by atoms with Gasteiger partial charge in [0.15, 0.2) is 0 Å². The Labute approximate surface area is 203 Å². The molecule has 3 aromatic rings. The predicted octanol–water partition coefficient (Wildman–Crippen LogP) is 3.90. The zero-order chi connectivity index (χ0) is 23.9. The number of benzene rings is 2. The fourth-order valence-electron chi connectivity index (χ4n) is 3.80. The SMILES string of the molecule is COc1cccc(Cc2nsc(N3CCCN(C(=O)Nc4cc(OC)cc(OC)c4)CC3)n2)c1. The first-order chi connectivity index (χ1) is 16.6. The molecule has 1 fully saturated rings. The molecule has 1 aliphatic rings. The highest BCUT2D eigenvalue weighted by atomic mass is 32.1. The van der Waals surface area contributed by atoms with Crippen molar-refractivity contribution in [2.24, 2.45) is 0 Å².